The van der Waals surface area contributed by atoms with E-state index < -0.39 is 0 Å². The molecular weight excluding hydrogens is 374 g/mol. The first-order valence-electron chi connectivity index (χ1n) is 9.85. The molecule has 1 aliphatic rings. The normalized spacial score (nSPS) is 15.6. The fourth-order valence-electron chi connectivity index (χ4n) is 3.39. The van der Waals surface area contributed by atoms with Crippen molar-refractivity contribution in [3.8, 4) is 5.75 Å². The third kappa shape index (κ3) is 4.73. The molecule has 150 valence electrons. The zero-order valence-electron chi connectivity index (χ0n) is 16.7. The van der Waals surface area contributed by atoms with Gasteiger partial charge in [0.15, 0.2) is 6.61 Å². The van der Waals surface area contributed by atoms with Gasteiger partial charge in [0.2, 0.25) is 0 Å². The lowest BCUT2D eigenvalue weighted by Crippen LogP contribution is -2.21. The lowest BCUT2D eigenvalue weighted by Gasteiger charge is -2.18. The average Bonchev–Trinajstić information content (AvgIpc) is 3.03. The van der Waals surface area contributed by atoms with E-state index in [0.29, 0.717) is 28.8 Å². The molecule has 6 heteroatoms. The maximum absolute atomic E-state index is 12.5. The van der Waals surface area contributed by atoms with Crippen LogP contribution in [0.2, 0.25) is 0 Å². The molecule has 1 amide bonds. The highest BCUT2D eigenvalue weighted by Crippen LogP contribution is 2.40. The number of aryl methyl sites for hydroxylation is 1. The Morgan fingerprint density at radius 2 is 1.96 bits per heavy atom. The van der Waals surface area contributed by atoms with Gasteiger partial charge in [0, 0.05) is 4.88 Å². The van der Waals surface area contributed by atoms with Gasteiger partial charge in [-0.3, -0.25) is 4.79 Å². The van der Waals surface area contributed by atoms with E-state index >= 15 is 0 Å². The van der Waals surface area contributed by atoms with Gasteiger partial charge in [0.05, 0.1) is 12.2 Å². The minimum atomic E-state index is -0.360. The lowest BCUT2D eigenvalue weighted by molar-refractivity contribution is -0.118. The molecule has 5 nitrogen and oxygen atoms in total. The minimum absolute atomic E-state index is 0.104. The number of nitrogens with one attached hydrogen (secondary N) is 1. The number of amides is 1. The SMILES string of the molecule is CCOC(=O)c1c(NC(=O)COc2ccc(CC)cc2)sc2c1CCC(C)C2. The van der Waals surface area contributed by atoms with Gasteiger partial charge in [-0.05, 0) is 61.8 Å². The van der Waals surface area contributed by atoms with Crippen LogP contribution in [0.4, 0.5) is 5.00 Å². The van der Waals surface area contributed by atoms with Crippen LogP contribution in [-0.2, 0) is 28.8 Å². The maximum Gasteiger partial charge on any atom is 0.341 e. The van der Waals surface area contributed by atoms with E-state index in [1.165, 1.54) is 21.8 Å². The molecule has 2 aromatic rings. The molecule has 1 aliphatic carbocycles. The third-order valence-corrected chi connectivity index (χ3v) is 6.12. The molecule has 0 aliphatic heterocycles. The molecular formula is C22H27NO4S. The zero-order valence-corrected chi connectivity index (χ0v) is 17.5. The molecule has 0 spiro atoms. The van der Waals surface area contributed by atoms with Gasteiger partial charge in [-0.15, -0.1) is 11.3 Å². The van der Waals surface area contributed by atoms with Crippen LogP contribution in [0.1, 0.15) is 53.6 Å². The second-order valence-electron chi connectivity index (χ2n) is 7.11. The first-order chi connectivity index (χ1) is 13.5. The predicted molar refractivity (Wildman–Crippen MR) is 111 cm³/mol. The predicted octanol–water partition coefficient (Wildman–Crippen LogP) is 4.63. The maximum atomic E-state index is 12.5. The fourth-order valence-corrected chi connectivity index (χ4v) is 4.81. The van der Waals surface area contributed by atoms with Gasteiger partial charge in [0.1, 0.15) is 10.8 Å². The van der Waals surface area contributed by atoms with E-state index in [4.69, 9.17) is 9.47 Å². The summed E-state index contributed by atoms with van der Waals surface area (Å²) in [4.78, 5) is 26.1. The largest absolute Gasteiger partial charge is 0.484 e. The lowest BCUT2D eigenvalue weighted by atomic mass is 9.88. The molecule has 1 atom stereocenters. The summed E-state index contributed by atoms with van der Waals surface area (Å²) in [5.41, 5.74) is 2.77. The van der Waals surface area contributed by atoms with Gasteiger partial charge in [0.25, 0.3) is 5.91 Å². The summed E-state index contributed by atoms with van der Waals surface area (Å²) in [6, 6.07) is 7.70. The molecule has 1 N–H and O–H groups in total. The van der Waals surface area contributed by atoms with Crippen molar-refractivity contribution in [1.29, 1.82) is 0 Å². The van der Waals surface area contributed by atoms with Crippen LogP contribution in [0.25, 0.3) is 0 Å². The number of fused-ring (bicyclic) bond motifs is 1. The van der Waals surface area contributed by atoms with Gasteiger partial charge >= 0.3 is 5.97 Å². The number of carbonyl (C=O) groups excluding carboxylic acids is 2. The zero-order chi connectivity index (χ0) is 20.1. The molecule has 1 aromatic carbocycles. The highest BCUT2D eigenvalue weighted by molar-refractivity contribution is 7.17. The summed E-state index contributed by atoms with van der Waals surface area (Å²) in [5, 5.41) is 3.44. The smallest absolute Gasteiger partial charge is 0.341 e. The minimum Gasteiger partial charge on any atom is -0.484 e. The van der Waals surface area contributed by atoms with E-state index in [0.717, 1.165) is 31.2 Å². The number of hydrogen-bond acceptors (Lipinski definition) is 5. The summed E-state index contributed by atoms with van der Waals surface area (Å²) >= 11 is 1.49. The molecule has 3 rings (SSSR count). The Kier molecular flexibility index (Phi) is 6.73. The monoisotopic (exact) mass is 401 g/mol. The Hall–Kier alpha value is -2.34. The van der Waals surface area contributed by atoms with Crippen LogP contribution in [0.5, 0.6) is 5.75 Å². The van der Waals surface area contributed by atoms with E-state index in [1.54, 1.807) is 6.92 Å². The standard InChI is InChI=1S/C22H27NO4S/c1-4-15-7-9-16(10-8-15)27-13-19(24)23-21-20(22(25)26-5-2)17-11-6-14(3)12-18(17)28-21/h7-10,14H,4-6,11-13H2,1-3H3,(H,23,24). The molecule has 1 heterocycles. The number of ether oxygens (including phenoxy) is 2. The molecule has 0 radical (unpaired) electrons. The molecule has 0 saturated heterocycles. The van der Waals surface area contributed by atoms with Crippen molar-refractivity contribution in [2.75, 3.05) is 18.5 Å². The van der Waals surface area contributed by atoms with E-state index in [9.17, 15) is 9.59 Å². The highest BCUT2D eigenvalue weighted by Gasteiger charge is 2.29. The second kappa shape index (κ2) is 9.24. The molecule has 0 saturated carbocycles. The van der Waals surface area contributed by atoms with Gasteiger partial charge in [-0.25, -0.2) is 4.79 Å². The number of esters is 1. The van der Waals surface area contributed by atoms with Crippen LogP contribution in [-0.4, -0.2) is 25.1 Å². The summed E-state index contributed by atoms with van der Waals surface area (Å²) in [6.45, 7) is 6.29. The van der Waals surface area contributed by atoms with Gasteiger partial charge in [-0.1, -0.05) is 26.0 Å². The van der Waals surface area contributed by atoms with Crippen LogP contribution in [0.3, 0.4) is 0 Å². The number of anilines is 1. The Labute approximate surface area is 170 Å². The van der Waals surface area contributed by atoms with E-state index in [1.807, 2.05) is 24.3 Å². The van der Waals surface area contributed by atoms with Crippen molar-refractivity contribution in [3.63, 3.8) is 0 Å². The Morgan fingerprint density at radius 1 is 1.21 bits per heavy atom. The fraction of sp³-hybridized carbons (Fsp3) is 0.455. The van der Waals surface area contributed by atoms with Crippen molar-refractivity contribution >= 4 is 28.2 Å². The first-order valence-corrected chi connectivity index (χ1v) is 10.7. The molecule has 0 fully saturated rings. The topological polar surface area (TPSA) is 64.6 Å². The summed E-state index contributed by atoms with van der Waals surface area (Å²) in [5.74, 6) is 0.592. The number of hydrogen-bond donors (Lipinski definition) is 1. The van der Waals surface area contributed by atoms with Gasteiger partial charge in [-0.2, -0.15) is 0 Å². The summed E-state index contributed by atoms with van der Waals surface area (Å²) in [7, 11) is 0. The molecule has 1 aromatic heterocycles. The van der Waals surface area contributed by atoms with Crippen LogP contribution < -0.4 is 10.1 Å². The molecule has 0 bridgehead atoms. The quantitative estimate of drug-likeness (QED) is 0.687. The number of carbonyl (C=O) groups is 2. The average molecular weight is 402 g/mol. The highest BCUT2D eigenvalue weighted by atomic mass is 32.1. The Bertz CT molecular complexity index is 841. The van der Waals surface area contributed by atoms with Crippen molar-refractivity contribution in [3.05, 3.63) is 45.8 Å². The third-order valence-electron chi connectivity index (χ3n) is 4.95. The van der Waals surface area contributed by atoms with Crippen LogP contribution in [0.15, 0.2) is 24.3 Å². The van der Waals surface area contributed by atoms with Crippen molar-refractivity contribution < 1.29 is 19.1 Å². The molecule has 1 unspecified atom stereocenters. The molecule has 28 heavy (non-hydrogen) atoms. The van der Waals surface area contributed by atoms with Crippen molar-refractivity contribution in [2.24, 2.45) is 5.92 Å². The Morgan fingerprint density at radius 3 is 2.64 bits per heavy atom. The van der Waals surface area contributed by atoms with Gasteiger partial charge < -0.3 is 14.8 Å². The van der Waals surface area contributed by atoms with Crippen molar-refractivity contribution in [1.82, 2.24) is 0 Å². The summed E-state index contributed by atoms with van der Waals surface area (Å²) < 4.78 is 10.8. The summed E-state index contributed by atoms with van der Waals surface area (Å²) in [6.07, 6.45) is 3.78. The van der Waals surface area contributed by atoms with Crippen molar-refractivity contribution in [2.45, 2.75) is 46.5 Å². The first kappa shape index (κ1) is 20.4. The van der Waals surface area contributed by atoms with Crippen LogP contribution >= 0.6 is 11.3 Å². The number of rotatable bonds is 7. The van der Waals surface area contributed by atoms with E-state index in [-0.39, 0.29) is 18.5 Å². The number of benzene rings is 1. The Balaban J connectivity index is 1.71. The number of thiophene rings is 1. The second-order valence-corrected chi connectivity index (χ2v) is 8.22. The van der Waals surface area contributed by atoms with Crippen LogP contribution in [0, 0.1) is 5.92 Å². The van der Waals surface area contributed by atoms with E-state index in [2.05, 4.69) is 19.2 Å².